The van der Waals surface area contributed by atoms with Crippen LogP contribution in [0.5, 0.6) is 0 Å². The predicted octanol–water partition coefficient (Wildman–Crippen LogP) is 2.20. The van der Waals surface area contributed by atoms with Crippen molar-refractivity contribution in [1.82, 2.24) is 20.4 Å². The summed E-state index contributed by atoms with van der Waals surface area (Å²) in [6.07, 6.45) is 6.55. The van der Waals surface area contributed by atoms with E-state index in [4.69, 9.17) is 0 Å². The van der Waals surface area contributed by atoms with E-state index in [-0.39, 0.29) is 0 Å². The van der Waals surface area contributed by atoms with Crippen LogP contribution in [0.2, 0.25) is 0 Å². The van der Waals surface area contributed by atoms with Crippen molar-refractivity contribution in [2.45, 2.75) is 32.1 Å². The minimum atomic E-state index is 0.724. The van der Waals surface area contributed by atoms with Crippen molar-refractivity contribution in [1.29, 1.82) is 0 Å². The molecule has 2 N–H and O–H groups in total. The molecule has 1 aromatic carbocycles. The summed E-state index contributed by atoms with van der Waals surface area (Å²) in [5, 5.41) is 7.02. The van der Waals surface area contributed by atoms with Crippen LogP contribution in [0.3, 0.4) is 0 Å². The van der Waals surface area contributed by atoms with Gasteiger partial charge in [-0.3, -0.25) is 4.99 Å². The smallest absolute Gasteiger partial charge is 0.191 e. The van der Waals surface area contributed by atoms with Crippen molar-refractivity contribution in [3.8, 4) is 0 Å². The molecule has 2 saturated heterocycles. The number of benzene rings is 1. The first-order valence-corrected chi connectivity index (χ1v) is 10.8. The second-order valence-electron chi connectivity index (χ2n) is 7.97. The number of hydrogen-bond acceptors (Lipinski definition) is 3. The van der Waals surface area contributed by atoms with Gasteiger partial charge in [-0.1, -0.05) is 36.8 Å². The lowest BCUT2D eigenvalue weighted by atomic mass is 10.1. The van der Waals surface area contributed by atoms with E-state index < -0.39 is 0 Å². The van der Waals surface area contributed by atoms with Crippen molar-refractivity contribution in [2.75, 3.05) is 59.4 Å². The zero-order valence-corrected chi connectivity index (χ0v) is 17.0. The molecule has 27 heavy (non-hydrogen) atoms. The number of aliphatic imine (C=N–C) groups is 1. The number of likely N-dealkylation sites (tertiary alicyclic amines) is 2. The fourth-order valence-electron chi connectivity index (χ4n) is 4.19. The maximum Gasteiger partial charge on any atom is 0.191 e. The van der Waals surface area contributed by atoms with Crippen molar-refractivity contribution in [3.63, 3.8) is 0 Å². The average Bonchev–Trinajstić information content (AvgIpc) is 3.18. The van der Waals surface area contributed by atoms with E-state index in [1.54, 1.807) is 0 Å². The van der Waals surface area contributed by atoms with Crippen LogP contribution in [0.15, 0.2) is 35.3 Å². The SMILES string of the molecule is CN=C(NCCN1CCCCC1)NCC1CCN(CCc2ccccc2)C1. The summed E-state index contributed by atoms with van der Waals surface area (Å²) in [4.78, 5) is 9.55. The van der Waals surface area contributed by atoms with Gasteiger partial charge in [0.05, 0.1) is 0 Å². The standard InChI is InChI=1S/C22H37N5/c1-23-22(24-12-17-26-13-6-3-7-14-26)25-18-21-11-16-27(19-21)15-10-20-8-4-2-5-9-20/h2,4-5,8-9,21H,3,6-7,10-19H2,1H3,(H2,23,24,25). The Kier molecular flexibility index (Phi) is 8.43. The molecular weight excluding hydrogens is 334 g/mol. The van der Waals surface area contributed by atoms with Crippen LogP contribution in [0.25, 0.3) is 0 Å². The summed E-state index contributed by atoms with van der Waals surface area (Å²) in [6, 6.07) is 10.8. The molecular formula is C22H37N5. The average molecular weight is 372 g/mol. The van der Waals surface area contributed by atoms with Gasteiger partial charge < -0.3 is 20.4 Å². The minimum Gasteiger partial charge on any atom is -0.356 e. The summed E-state index contributed by atoms with van der Waals surface area (Å²) in [6.45, 7) is 9.23. The topological polar surface area (TPSA) is 42.9 Å². The van der Waals surface area contributed by atoms with E-state index in [0.717, 1.165) is 37.9 Å². The van der Waals surface area contributed by atoms with E-state index in [0.29, 0.717) is 0 Å². The van der Waals surface area contributed by atoms with Gasteiger partial charge in [-0.05, 0) is 56.8 Å². The number of guanidine groups is 1. The quantitative estimate of drug-likeness (QED) is 0.543. The summed E-state index contributed by atoms with van der Waals surface area (Å²) in [5.74, 6) is 1.68. The molecule has 5 nitrogen and oxygen atoms in total. The van der Waals surface area contributed by atoms with Gasteiger partial charge >= 0.3 is 0 Å². The number of rotatable bonds is 8. The summed E-state index contributed by atoms with van der Waals surface area (Å²) in [7, 11) is 1.87. The molecule has 0 bridgehead atoms. The lowest BCUT2D eigenvalue weighted by Gasteiger charge is -2.26. The molecule has 1 atom stereocenters. The Balaban J connectivity index is 1.28. The Morgan fingerprint density at radius 3 is 2.59 bits per heavy atom. The molecule has 0 aromatic heterocycles. The third kappa shape index (κ3) is 7.15. The number of nitrogens with zero attached hydrogens (tertiary/aromatic N) is 3. The zero-order chi connectivity index (χ0) is 18.7. The Morgan fingerprint density at radius 2 is 1.81 bits per heavy atom. The van der Waals surface area contributed by atoms with E-state index in [9.17, 15) is 0 Å². The van der Waals surface area contributed by atoms with E-state index in [1.807, 2.05) is 7.05 Å². The molecule has 5 heteroatoms. The Hall–Kier alpha value is -1.59. The molecule has 150 valence electrons. The van der Waals surface area contributed by atoms with Crippen molar-refractivity contribution >= 4 is 5.96 Å². The Morgan fingerprint density at radius 1 is 1.00 bits per heavy atom. The van der Waals surface area contributed by atoms with Gasteiger partial charge in [0.1, 0.15) is 0 Å². The Bertz CT molecular complexity index is 553. The van der Waals surface area contributed by atoms with Crippen LogP contribution in [0, 0.1) is 5.92 Å². The van der Waals surface area contributed by atoms with Gasteiger partial charge in [-0.2, -0.15) is 0 Å². The molecule has 2 fully saturated rings. The predicted molar refractivity (Wildman–Crippen MR) is 114 cm³/mol. The lowest BCUT2D eigenvalue weighted by molar-refractivity contribution is 0.232. The van der Waals surface area contributed by atoms with Crippen LogP contribution < -0.4 is 10.6 Å². The maximum absolute atomic E-state index is 4.39. The van der Waals surface area contributed by atoms with Gasteiger partial charge in [0.2, 0.25) is 0 Å². The van der Waals surface area contributed by atoms with Crippen molar-refractivity contribution in [2.24, 2.45) is 10.9 Å². The molecule has 1 unspecified atom stereocenters. The van der Waals surface area contributed by atoms with Crippen molar-refractivity contribution < 1.29 is 0 Å². The second-order valence-corrected chi connectivity index (χ2v) is 7.97. The van der Waals surface area contributed by atoms with E-state index in [2.05, 4.69) is 55.8 Å². The Labute approximate surface area is 165 Å². The van der Waals surface area contributed by atoms with Crippen LogP contribution in [-0.4, -0.2) is 75.2 Å². The summed E-state index contributed by atoms with van der Waals surface area (Å²) < 4.78 is 0. The van der Waals surface area contributed by atoms with Gasteiger partial charge in [0, 0.05) is 39.8 Å². The molecule has 1 aromatic rings. The summed E-state index contributed by atoms with van der Waals surface area (Å²) in [5.41, 5.74) is 1.44. The third-order valence-corrected chi connectivity index (χ3v) is 5.88. The highest BCUT2D eigenvalue weighted by molar-refractivity contribution is 5.79. The van der Waals surface area contributed by atoms with Gasteiger partial charge in [0.25, 0.3) is 0 Å². The van der Waals surface area contributed by atoms with Crippen LogP contribution in [-0.2, 0) is 6.42 Å². The monoisotopic (exact) mass is 371 g/mol. The number of hydrogen-bond donors (Lipinski definition) is 2. The molecule has 0 spiro atoms. The second kappa shape index (κ2) is 11.3. The molecule has 0 radical (unpaired) electrons. The first-order chi connectivity index (χ1) is 13.3. The van der Waals surface area contributed by atoms with Gasteiger partial charge in [-0.25, -0.2) is 0 Å². The molecule has 2 aliphatic rings. The van der Waals surface area contributed by atoms with E-state index >= 15 is 0 Å². The lowest BCUT2D eigenvalue weighted by Crippen LogP contribution is -2.44. The first-order valence-electron chi connectivity index (χ1n) is 10.8. The summed E-state index contributed by atoms with van der Waals surface area (Å²) >= 11 is 0. The van der Waals surface area contributed by atoms with Gasteiger partial charge in [0.15, 0.2) is 5.96 Å². The van der Waals surface area contributed by atoms with Crippen molar-refractivity contribution in [3.05, 3.63) is 35.9 Å². The molecule has 0 saturated carbocycles. The van der Waals surface area contributed by atoms with E-state index in [1.165, 1.54) is 64.0 Å². The molecule has 2 aliphatic heterocycles. The fourth-order valence-corrected chi connectivity index (χ4v) is 4.19. The van der Waals surface area contributed by atoms with Crippen LogP contribution in [0.1, 0.15) is 31.2 Å². The number of nitrogens with one attached hydrogen (secondary N) is 2. The third-order valence-electron chi connectivity index (χ3n) is 5.88. The molecule has 0 amide bonds. The highest BCUT2D eigenvalue weighted by Crippen LogP contribution is 2.16. The highest BCUT2D eigenvalue weighted by Gasteiger charge is 2.22. The number of piperidine rings is 1. The molecule has 3 rings (SSSR count). The molecule has 0 aliphatic carbocycles. The van der Waals surface area contributed by atoms with Gasteiger partial charge in [-0.15, -0.1) is 0 Å². The van der Waals surface area contributed by atoms with Crippen LogP contribution in [0.4, 0.5) is 0 Å². The first kappa shape index (κ1) is 20.2. The zero-order valence-electron chi connectivity index (χ0n) is 17.0. The van der Waals surface area contributed by atoms with Crippen LogP contribution >= 0.6 is 0 Å². The fraction of sp³-hybridized carbons (Fsp3) is 0.682. The minimum absolute atomic E-state index is 0.724. The normalized spacial score (nSPS) is 22.1. The molecule has 2 heterocycles. The maximum atomic E-state index is 4.39. The highest BCUT2D eigenvalue weighted by atomic mass is 15.2. The largest absolute Gasteiger partial charge is 0.356 e.